The zero-order valence-corrected chi connectivity index (χ0v) is 7.79. The van der Waals surface area contributed by atoms with Crippen molar-refractivity contribution in [2.24, 2.45) is 5.73 Å². The van der Waals surface area contributed by atoms with Gasteiger partial charge in [-0.1, -0.05) is 0 Å². The maximum absolute atomic E-state index is 10.8. The van der Waals surface area contributed by atoms with E-state index in [4.69, 9.17) is 5.73 Å². The van der Waals surface area contributed by atoms with Crippen LogP contribution in [0.3, 0.4) is 0 Å². The molecule has 0 fully saturated rings. The summed E-state index contributed by atoms with van der Waals surface area (Å²) in [5, 5.41) is 2.53. The van der Waals surface area contributed by atoms with Gasteiger partial charge >= 0.3 is 5.97 Å². The van der Waals surface area contributed by atoms with E-state index >= 15 is 0 Å². The number of unbranched alkanes of at least 4 members (excludes halogenated alkanes) is 1. The first-order valence-electron chi connectivity index (χ1n) is 4.22. The number of hydrogen-bond donors (Lipinski definition) is 2. The van der Waals surface area contributed by atoms with Gasteiger partial charge in [-0.15, -0.1) is 0 Å². The predicted octanol–water partition coefficient (Wildman–Crippen LogP) is -0.597. The Morgan fingerprint density at radius 1 is 1.62 bits per heavy atom. The van der Waals surface area contributed by atoms with Crippen LogP contribution in [0.15, 0.2) is 0 Å². The van der Waals surface area contributed by atoms with Crippen molar-refractivity contribution in [2.45, 2.75) is 25.3 Å². The third-order valence-corrected chi connectivity index (χ3v) is 1.67. The van der Waals surface area contributed by atoms with Crippen molar-refractivity contribution in [1.82, 2.24) is 5.32 Å². The Morgan fingerprint density at radius 3 is 2.85 bits per heavy atom. The Labute approximate surface area is 77.6 Å². The van der Waals surface area contributed by atoms with Crippen molar-refractivity contribution in [3.05, 3.63) is 0 Å². The van der Waals surface area contributed by atoms with E-state index in [1.807, 2.05) is 0 Å². The van der Waals surface area contributed by atoms with E-state index in [2.05, 4.69) is 10.1 Å². The molecule has 3 N–H and O–H groups in total. The number of amides is 1. The second kappa shape index (κ2) is 7.54. The van der Waals surface area contributed by atoms with Crippen LogP contribution in [0.2, 0.25) is 0 Å². The van der Waals surface area contributed by atoms with Gasteiger partial charge in [0.25, 0.3) is 0 Å². The summed E-state index contributed by atoms with van der Waals surface area (Å²) in [6.07, 6.45) is 2.87. The second-order valence-corrected chi connectivity index (χ2v) is 2.70. The largest absolute Gasteiger partial charge is 0.468 e. The Morgan fingerprint density at radius 2 is 2.31 bits per heavy atom. The highest BCUT2D eigenvalue weighted by Crippen LogP contribution is 1.99. The highest BCUT2D eigenvalue weighted by molar-refractivity contribution is 5.75. The molecule has 0 aliphatic heterocycles. The van der Waals surface area contributed by atoms with E-state index in [-0.39, 0.29) is 5.97 Å². The standard InChI is InChI=1S/C8H16N2O3/c1-13-8(12)7(9)4-2-3-5-10-6-11/h6-7H,2-5,9H2,1H3,(H,10,11)/t7-/m0/s1. The van der Waals surface area contributed by atoms with Gasteiger partial charge in [0.15, 0.2) is 0 Å². The summed E-state index contributed by atoms with van der Waals surface area (Å²) in [5.74, 6) is -0.386. The van der Waals surface area contributed by atoms with Crippen molar-refractivity contribution in [3.8, 4) is 0 Å². The smallest absolute Gasteiger partial charge is 0.322 e. The molecule has 5 heteroatoms. The SMILES string of the molecule is COC(=O)[C@@H](N)CCCCNC=O. The average Bonchev–Trinajstić information content (AvgIpc) is 2.16. The molecule has 0 aliphatic carbocycles. The lowest BCUT2D eigenvalue weighted by Crippen LogP contribution is -2.31. The molecule has 0 bridgehead atoms. The molecule has 5 nitrogen and oxygen atoms in total. The summed E-state index contributed by atoms with van der Waals surface area (Å²) >= 11 is 0. The number of hydrogen-bond acceptors (Lipinski definition) is 4. The van der Waals surface area contributed by atoms with Crippen molar-refractivity contribution < 1.29 is 14.3 Å². The molecule has 76 valence electrons. The van der Waals surface area contributed by atoms with E-state index in [1.54, 1.807) is 0 Å². The van der Waals surface area contributed by atoms with Crippen LogP contribution >= 0.6 is 0 Å². The zero-order valence-electron chi connectivity index (χ0n) is 7.79. The molecule has 0 aromatic rings. The third kappa shape index (κ3) is 6.10. The number of methoxy groups -OCH3 is 1. The quantitative estimate of drug-likeness (QED) is 0.317. The summed E-state index contributed by atoms with van der Waals surface area (Å²) in [7, 11) is 1.32. The normalized spacial score (nSPS) is 11.8. The van der Waals surface area contributed by atoms with Gasteiger partial charge in [-0.05, 0) is 19.3 Å². The average molecular weight is 188 g/mol. The fourth-order valence-corrected chi connectivity index (χ4v) is 0.919. The van der Waals surface area contributed by atoms with Gasteiger partial charge in [0, 0.05) is 6.54 Å². The fraction of sp³-hybridized carbons (Fsp3) is 0.750. The summed E-state index contributed by atoms with van der Waals surface area (Å²) in [6.45, 7) is 0.622. The van der Waals surface area contributed by atoms with Crippen molar-refractivity contribution >= 4 is 12.4 Å². The van der Waals surface area contributed by atoms with E-state index in [1.165, 1.54) is 7.11 Å². The molecular weight excluding hydrogens is 172 g/mol. The molecule has 0 rings (SSSR count). The lowest BCUT2D eigenvalue weighted by Gasteiger charge is -2.07. The molecular formula is C8H16N2O3. The molecule has 0 aromatic heterocycles. The molecule has 0 heterocycles. The highest BCUT2D eigenvalue weighted by atomic mass is 16.5. The van der Waals surface area contributed by atoms with Crippen LogP contribution in [0.1, 0.15) is 19.3 Å². The molecule has 0 saturated carbocycles. The number of esters is 1. The number of ether oxygens (including phenoxy) is 1. The van der Waals surface area contributed by atoms with Crippen molar-refractivity contribution in [1.29, 1.82) is 0 Å². The maximum atomic E-state index is 10.8. The number of carbonyl (C=O) groups excluding carboxylic acids is 2. The minimum absolute atomic E-state index is 0.386. The van der Waals surface area contributed by atoms with E-state index in [9.17, 15) is 9.59 Å². The van der Waals surface area contributed by atoms with Gasteiger partial charge in [0.05, 0.1) is 7.11 Å². The predicted molar refractivity (Wildman–Crippen MR) is 47.9 cm³/mol. The molecule has 0 saturated heterocycles. The lowest BCUT2D eigenvalue weighted by atomic mass is 10.1. The second-order valence-electron chi connectivity index (χ2n) is 2.70. The summed E-state index contributed by atoms with van der Waals surface area (Å²) < 4.78 is 4.45. The van der Waals surface area contributed by atoms with Crippen LogP contribution in [-0.4, -0.2) is 32.1 Å². The minimum atomic E-state index is -0.541. The van der Waals surface area contributed by atoms with Gasteiger partial charge < -0.3 is 15.8 Å². The van der Waals surface area contributed by atoms with Crippen LogP contribution < -0.4 is 11.1 Å². The molecule has 0 aromatic carbocycles. The number of carbonyl (C=O) groups is 2. The molecule has 1 amide bonds. The zero-order chi connectivity index (χ0) is 10.1. The van der Waals surface area contributed by atoms with Gasteiger partial charge in [0.2, 0.25) is 6.41 Å². The first kappa shape index (κ1) is 11.9. The van der Waals surface area contributed by atoms with Crippen molar-refractivity contribution in [2.75, 3.05) is 13.7 Å². The summed E-state index contributed by atoms with van der Waals surface area (Å²) in [6, 6.07) is -0.541. The molecule has 0 radical (unpaired) electrons. The van der Waals surface area contributed by atoms with Crippen LogP contribution in [-0.2, 0) is 14.3 Å². The number of rotatable bonds is 7. The lowest BCUT2D eigenvalue weighted by molar-refractivity contribution is -0.142. The Hall–Kier alpha value is -1.10. The van der Waals surface area contributed by atoms with Crippen LogP contribution in [0.5, 0.6) is 0 Å². The molecule has 0 unspecified atom stereocenters. The Kier molecular flexibility index (Phi) is 6.91. The van der Waals surface area contributed by atoms with E-state index < -0.39 is 6.04 Å². The van der Waals surface area contributed by atoms with Gasteiger partial charge in [-0.3, -0.25) is 9.59 Å². The molecule has 0 spiro atoms. The first-order valence-corrected chi connectivity index (χ1v) is 4.22. The van der Waals surface area contributed by atoms with E-state index in [0.29, 0.717) is 19.4 Å². The monoisotopic (exact) mass is 188 g/mol. The number of nitrogens with one attached hydrogen (secondary N) is 1. The highest BCUT2D eigenvalue weighted by Gasteiger charge is 2.11. The topological polar surface area (TPSA) is 81.4 Å². The van der Waals surface area contributed by atoms with Gasteiger partial charge in [-0.25, -0.2) is 0 Å². The van der Waals surface area contributed by atoms with Crippen LogP contribution in [0, 0.1) is 0 Å². The molecule has 13 heavy (non-hydrogen) atoms. The maximum Gasteiger partial charge on any atom is 0.322 e. The third-order valence-electron chi connectivity index (χ3n) is 1.67. The van der Waals surface area contributed by atoms with Gasteiger partial charge in [-0.2, -0.15) is 0 Å². The summed E-state index contributed by atoms with van der Waals surface area (Å²) in [4.78, 5) is 20.7. The minimum Gasteiger partial charge on any atom is -0.468 e. The summed E-state index contributed by atoms with van der Waals surface area (Å²) in [5.41, 5.74) is 5.48. The Balaban J connectivity index is 3.31. The van der Waals surface area contributed by atoms with Crippen LogP contribution in [0.4, 0.5) is 0 Å². The fourth-order valence-electron chi connectivity index (χ4n) is 0.919. The number of nitrogens with two attached hydrogens (primary N) is 1. The van der Waals surface area contributed by atoms with E-state index in [0.717, 1.165) is 12.8 Å². The van der Waals surface area contributed by atoms with Crippen LogP contribution in [0.25, 0.3) is 0 Å². The van der Waals surface area contributed by atoms with Crippen molar-refractivity contribution in [3.63, 3.8) is 0 Å². The first-order chi connectivity index (χ1) is 6.22. The van der Waals surface area contributed by atoms with Gasteiger partial charge in [0.1, 0.15) is 6.04 Å². The molecule has 0 aliphatic rings. The Bertz CT molecular complexity index is 161. The molecule has 1 atom stereocenters.